The minimum atomic E-state index is -0.640. The SMILES string of the molecule is CCOC(=O)Nc1cnn(CC(=O)NCCc2ccccc2F)n1. The van der Waals surface area contributed by atoms with Crippen LogP contribution in [0.5, 0.6) is 0 Å². The Morgan fingerprint density at radius 2 is 2.12 bits per heavy atom. The Hall–Kier alpha value is -2.97. The van der Waals surface area contributed by atoms with Crippen LogP contribution in [0.3, 0.4) is 0 Å². The summed E-state index contributed by atoms with van der Waals surface area (Å²) in [5.74, 6) is -0.424. The maximum Gasteiger partial charge on any atom is 0.412 e. The van der Waals surface area contributed by atoms with E-state index in [4.69, 9.17) is 4.74 Å². The topological polar surface area (TPSA) is 98.1 Å². The highest BCUT2D eigenvalue weighted by Crippen LogP contribution is 2.06. The molecule has 1 aromatic heterocycles. The van der Waals surface area contributed by atoms with Crippen molar-refractivity contribution in [1.82, 2.24) is 20.3 Å². The summed E-state index contributed by atoms with van der Waals surface area (Å²) in [7, 11) is 0. The first-order valence-corrected chi connectivity index (χ1v) is 7.42. The Balaban J connectivity index is 1.75. The van der Waals surface area contributed by atoms with Crippen molar-refractivity contribution in [2.75, 3.05) is 18.5 Å². The van der Waals surface area contributed by atoms with Crippen molar-refractivity contribution in [3.8, 4) is 0 Å². The molecule has 24 heavy (non-hydrogen) atoms. The second-order valence-corrected chi connectivity index (χ2v) is 4.80. The van der Waals surface area contributed by atoms with Gasteiger partial charge in [0.05, 0.1) is 12.8 Å². The Kier molecular flexibility index (Phi) is 6.23. The zero-order valence-electron chi connectivity index (χ0n) is 13.2. The Labute approximate surface area is 138 Å². The van der Waals surface area contributed by atoms with Crippen molar-refractivity contribution in [3.63, 3.8) is 0 Å². The molecule has 0 bridgehead atoms. The van der Waals surface area contributed by atoms with Crippen molar-refractivity contribution in [2.24, 2.45) is 0 Å². The number of rotatable bonds is 7. The molecule has 0 fully saturated rings. The van der Waals surface area contributed by atoms with Crippen molar-refractivity contribution in [2.45, 2.75) is 19.9 Å². The van der Waals surface area contributed by atoms with Crippen molar-refractivity contribution in [1.29, 1.82) is 0 Å². The molecular formula is C15H18FN5O3. The van der Waals surface area contributed by atoms with Gasteiger partial charge in [-0.1, -0.05) is 18.2 Å². The molecule has 2 N–H and O–H groups in total. The highest BCUT2D eigenvalue weighted by atomic mass is 19.1. The number of anilines is 1. The molecule has 0 aliphatic carbocycles. The van der Waals surface area contributed by atoms with Crippen LogP contribution < -0.4 is 10.6 Å². The molecular weight excluding hydrogens is 317 g/mol. The zero-order chi connectivity index (χ0) is 17.4. The molecule has 0 aliphatic rings. The van der Waals surface area contributed by atoms with Gasteiger partial charge in [0.15, 0.2) is 5.82 Å². The van der Waals surface area contributed by atoms with Gasteiger partial charge in [-0.3, -0.25) is 10.1 Å². The first-order valence-electron chi connectivity index (χ1n) is 7.42. The van der Waals surface area contributed by atoms with Gasteiger partial charge in [-0.05, 0) is 25.0 Å². The lowest BCUT2D eigenvalue weighted by Gasteiger charge is -2.05. The van der Waals surface area contributed by atoms with Gasteiger partial charge < -0.3 is 10.1 Å². The van der Waals surface area contributed by atoms with Crippen LogP contribution in [0.4, 0.5) is 15.0 Å². The van der Waals surface area contributed by atoms with E-state index >= 15 is 0 Å². The Morgan fingerprint density at radius 3 is 2.88 bits per heavy atom. The van der Waals surface area contributed by atoms with E-state index in [0.29, 0.717) is 18.5 Å². The lowest BCUT2D eigenvalue weighted by Crippen LogP contribution is -2.30. The molecule has 0 atom stereocenters. The number of halogens is 1. The fourth-order valence-electron chi connectivity index (χ4n) is 1.92. The lowest BCUT2D eigenvalue weighted by atomic mass is 10.1. The summed E-state index contributed by atoms with van der Waals surface area (Å²) in [5, 5.41) is 12.8. The average Bonchev–Trinajstić information content (AvgIpc) is 2.96. The van der Waals surface area contributed by atoms with E-state index in [-0.39, 0.29) is 30.7 Å². The molecule has 2 rings (SSSR count). The van der Waals surface area contributed by atoms with Gasteiger partial charge in [-0.25, -0.2) is 9.18 Å². The van der Waals surface area contributed by atoms with E-state index in [2.05, 4.69) is 20.8 Å². The molecule has 1 aromatic carbocycles. The second-order valence-electron chi connectivity index (χ2n) is 4.80. The van der Waals surface area contributed by atoms with Crippen LogP contribution in [-0.4, -0.2) is 40.1 Å². The molecule has 0 unspecified atom stereocenters. The molecule has 9 heteroatoms. The first-order chi connectivity index (χ1) is 11.6. The summed E-state index contributed by atoms with van der Waals surface area (Å²) in [6, 6.07) is 6.40. The number of nitrogens with zero attached hydrogens (tertiary/aromatic N) is 3. The molecule has 0 spiro atoms. The van der Waals surface area contributed by atoms with Crippen LogP contribution in [-0.2, 0) is 22.5 Å². The normalized spacial score (nSPS) is 10.2. The standard InChI is InChI=1S/C15H18FN5O3/c1-2-24-15(23)19-13-9-18-21(20-13)10-14(22)17-8-7-11-5-3-4-6-12(11)16/h3-6,9H,2,7-8,10H2,1H3,(H,17,22)(H,19,20,23). The van der Waals surface area contributed by atoms with Crippen LogP contribution in [0, 0.1) is 5.82 Å². The van der Waals surface area contributed by atoms with Gasteiger partial charge in [0.1, 0.15) is 12.4 Å². The number of benzene rings is 1. The molecule has 2 amide bonds. The minimum absolute atomic E-state index is 0.109. The van der Waals surface area contributed by atoms with Gasteiger partial charge in [0.25, 0.3) is 0 Å². The van der Waals surface area contributed by atoms with Crippen LogP contribution in [0.1, 0.15) is 12.5 Å². The maximum absolute atomic E-state index is 13.4. The summed E-state index contributed by atoms with van der Waals surface area (Å²) in [5.41, 5.74) is 0.538. The number of aromatic nitrogens is 3. The van der Waals surface area contributed by atoms with Gasteiger partial charge in [0, 0.05) is 6.54 Å². The Morgan fingerprint density at radius 1 is 1.33 bits per heavy atom. The smallest absolute Gasteiger partial charge is 0.412 e. The maximum atomic E-state index is 13.4. The highest BCUT2D eigenvalue weighted by molar-refractivity contribution is 5.83. The lowest BCUT2D eigenvalue weighted by molar-refractivity contribution is -0.122. The van der Waals surface area contributed by atoms with E-state index in [0.717, 1.165) is 4.80 Å². The molecule has 8 nitrogen and oxygen atoms in total. The largest absolute Gasteiger partial charge is 0.450 e. The van der Waals surface area contributed by atoms with E-state index < -0.39 is 6.09 Å². The summed E-state index contributed by atoms with van der Waals surface area (Å²) in [4.78, 5) is 24.2. The monoisotopic (exact) mass is 335 g/mol. The zero-order valence-corrected chi connectivity index (χ0v) is 13.2. The van der Waals surface area contributed by atoms with E-state index in [9.17, 15) is 14.0 Å². The molecule has 0 saturated carbocycles. The fourth-order valence-corrected chi connectivity index (χ4v) is 1.92. The van der Waals surface area contributed by atoms with Crippen LogP contribution in [0.2, 0.25) is 0 Å². The molecule has 1 heterocycles. The molecule has 0 aliphatic heterocycles. The number of carbonyl (C=O) groups excluding carboxylic acids is 2. The third kappa shape index (κ3) is 5.34. The Bertz CT molecular complexity index is 704. The molecule has 0 radical (unpaired) electrons. The van der Waals surface area contributed by atoms with Crippen molar-refractivity contribution >= 4 is 17.8 Å². The van der Waals surface area contributed by atoms with Crippen LogP contribution >= 0.6 is 0 Å². The second kappa shape index (κ2) is 8.61. The van der Waals surface area contributed by atoms with E-state index in [1.54, 1.807) is 25.1 Å². The van der Waals surface area contributed by atoms with E-state index in [1.165, 1.54) is 12.3 Å². The summed E-state index contributed by atoms with van der Waals surface area (Å²) >= 11 is 0. The highest BCUT2D eigenvalue weighted by Gasteiger charge is 2.09. The average molecular weight is 335 g/mol. The third-order valence-electron chi connectivity index (χ3n) is 3.00. The molecule has 128 valence electrons. The molecule has 2 aromatic rings. The van der Waals surface area contributed by atoms with E-state index in [1.807, 2.05) is 0 Å². The fraction of sp³-hybridized carbons (Fsp3) is 0.333. The number of nitrogens with one attached hydrogen (secondary N) is 2. The summed E-state index contributed by atoms with van der Waals surface area (Å²) in [6.45, 7) is 2.11. The predicted molar refractivity (Wildman–Crippen MR) is 83.8 cm³/mol. The van der Waals surface area contributed by atoms with Gasteiger partial charge in [0.2, 0.25) is 5.91 Å². The number of hydrogen-bond donors (Lipinski definition) is 2. The molecule has 0 saturated heterocycles. The quantitative estimate of drug-likeness (QED) is 0.796. The number of amides is 2. The number of ether oxygens (including phenoxy) is 1. The van der Waals surface area contributed by atoms with Gasteiger partial charge in [-0.2, -0.15) is 9.90 Å². The van der Waals surface area contributed by atoms with Crippen molar-refractivity contribution in [3.05, 3.63) is 41.8 Å². The summed E-state index contributed by atoms with van der Waals surface area (Å²) < 4.78 is 18.1. The van der Waals surface area contributed by atoms with Crippen LogP contribution in [0.25, 0.3) is 0 Å². The third-order valence-corrected chi connectivity index (χ3v) is 3.00. The first kappa shape index (κ1) is 17.4. The van der Waals surface area contributed by atoms with Crippen LogP contribution in [0.15, 0.2) is 30.5 Å². The number of hydrogen-bond acceptors (Lipinski definition) is 5. The predicted octanol–water partition coefficient (Wildman–Crippen LogP) is 1.34. The van der Waals surface area contributed by atoms with Crippen molar-refractivity contribution < 1.29 is 18.7 Å². The number of carbonyl (C=O) groups is 2. The van der Waals surface area contributed by atoms with Gasteiger partial charge in [-0.15, -0.1) is 5.10 Å². The minimum Gasteiger partial charge on any atom is -0.450 e. The summed E-state index contributed by atoms with van der Waals surface area (Å²) in [6.07, 6.45) is 1.06. The van der Waals surface area contributed by atoms with Gasteiger partial charge >= 0.3 is 6.09 Å².